The maximum atomic E-state index is 11.7. The fourth-order valence-corrected chi connectivity index (χ4v) is 2.12. The lowest BCUT2D eigenvalue weighted by Gasteiger charge is -2.34. The molecule has 0 atom stereocenters. The van der Waals surface area contributed by atoms with Crippen molar-refractivity contribution in [2.24, 2.45) is 0 Å². The van der Waals surface area contributed by atoms with Gasteiger partial charge in [-0.15, -0.1) is 0 Å². The SMILES string of the molecule is O=C(O)CCNC(=O)N1CCN(C2CC2)CC1. The Labute approximate surface area is 101 Å². The normalized spacial score (nSPS) is 21.3. The van der Waals surface area contributed by atoms with Gasteiger partial charge in [0.05, 0.1) is 6.42 Å². The molecule has 0 radical (unpaired) electrons. The second kappa shape index (κ2) is 5.35. The van der Waals surface area contributed by atoms with Gasteiger partial charge in [-0.2, -0.15) is 0 Å². The van der Waals surface area contributed by atoms with Crippen LogP contribution in [0.5, 0.6) is 0 Å². The number of amides is 2. The smallest absolute Gasteiger partial charge is 0.317 e. The Kier molecular flexibility index (Phi) is 3.83. The molecule has 1 heterocycles. The Morgan fingerprint density at radius 1 is 1.18 bits per heavy atom. The molecule has 2 aliphatic rings. The van der Waals surface area contributed by atoms with Gasteiger partial charge in [0.25, 0.3) is 0 Å². The van der Waals surface area contributed by atoms with Gasteiger partial charge in [0.1, 0.15) is 0 Å². The number of carboxylic acids is 1. The average molecular weight is 241 g/mol. The van der Waals surface area contributed by atoms with Crippen LogP contribution < -0.4 is 5.32 Å². The molecule has 0 unspecified atom stereocenters. The number of carbonyl (C=O) groups excluding carboxylic acids is 1. The number of nitrogens with one attached hydrogen (secondary N) is 1. The average Bonchev–Trinajstić information content (AvgIpc) is 3.12. The zero-order valence-electron chi connectivity index (χ0n) is 9.89. The molecule has 17 heavy (non-hydrogen) atoms. The number of urea groups is 1. The second-order valence-corrected chi connectivity index (χ2v) is 4.63. The molecule has 0 aromatic heterocycles. The third-order valence-electron chi connectivity index (χ3n) is 3.28. The minimum absolute atomic E-state index is 0.0201. The molecular weight excluding hydrogens is 222 g/mol. The standard InChI is InChI=1S/C11H19N3O3/c15-10(16)3-4-12-11(17)14-7-5-13(6-8-14)9-1-2-9/h9H,1-8H2,(H,12,17)(H,15,16). The van der Waals surface area contributed by atoms with E-state index in [1.54, 1.807) is 4.90 Å². The first-order valence-electron chi connectivity index (χ1n) is 6.15. The summed E-state index contributed by atoms with van der Waals surface area (Å²) in [7, 11) is 0. The van der Waals surface area contributed by atoms with Crippen LogP contribution >= 0.6 is 0 Å². The first-order valence-corrected chi connectivity index (χ1v) is 6.15. The fraction of sp³-hybridized carbons (Fsp3) is 0.818. The molecule has 1 aliphatic carbocycles. The number of piperazine rings is 1. The van der Waals surface area contributed by atoms with E-state index in [9.17, 15) is 9.59 Å². The van der Waals surface area contributed by atoms with E-state index in [0.717, 1.165) is 32.2 Å². The highest BCUT2D eigenvalue weighted by molar-refractivity contribution is 5.75. The second-order valence-electron chi connectivity index (χ2n) is 4.63. The largest absolute Gasteiger partial charge is 0.481 e. The third kappa shape index (κ3) is 3.59. The lowest BCUT2D eigenvalue weighted by atomic mass is 10.3. The molecule has 1 aliphatic heterocycles. The van der Waals surface area contributed by atoms with Gasteiger partial charge in [-0.25, -0.2) is 4.79 Å². The molecule has 1 saturated carbocycles. The van der Waals surface area contributed by atoms with Crippen LogP contribution in [-0.4, -0.2) is 65.7 Å². The number of hydrogen-bond acceptors (Lipinski definition) is 3. The van der Waals surface area contributed by atoms with E-state index in [1.807, 2.05) is 0 Å². The van der Waals surface area contributed by atoms with Gasteiger partial charge < -0.3 is 15.3 Å². The van der Waals surface area contributed by atoms with Crippen LogP contribution in [0.4, 0.5) is 4.79 Å². The summed E-state index contributed by atoms with van der Waals surface area (Å²) in [6.07, 6.45) is 2.57. The zero-order valence-corrected chi connectivity index (χ0v) is 9.89. The summed E-state index contributed by atoms with van der Waals surface area (Å²) in [5.41, 5.74) is 0. The quantitative estimate of drug-likeness (QED) is 0.724. The Morgan fingerprint density at radius 2 is 1.82 bits per heavy atom. The van der Waals surface area contributed by atoms with Gasteiger partial charge in [0.15, 0.2) is 0 Å². The number of carboxylic acid groups (broad SMARTS) is 1. The van der Waals surface area contributed by atoms with Gasteiger partial charge in [-0.3, -0.25) is 9.69 Å². The van der Waals surface area contributed by atoms with Gasteiger partial charge in [-0.1, -0.05) is 0 Å². The predicted octanol–water partition coefficient (Wildman–Crippen LogP) is -0.0493. The molecule has 2 rings (SSSR count). The van der Waals surface area contributed by atoms with Gasteiger partial charge in [-0.05, 0) is 12.8 Å². The van der Waals surface area contributed by atoms with Gasteiger partial charge in [0.2, 0.25) is 0 Å². The minimum atomic E-state index is -0.885. The molecule has 0 bridgehead atoms. The predicted molar refractivity (Wildman–Crippen MR) is 61.8 cm³/mol. The van der Waals surface area contributed by atoms with Crippen LogP contribution in [0.25, 0.3) is 0 Å². The van der Waals surface area contributed by atoms with Crippen molar-refractivity contribution in [3.05, 3.63) is 0 Å². The summed E-state index contributed by atoms with van der Waals surface area (Å²) in [6, 6.07) is 0.619. The van der Waals surface area contributed by atoms with Crippen LogP contribution in [0.2, 0.25) is 0 Å². The van der Waals surface area contributed by atoms with Crippen LogP contribution in [0.1, 0.15) is 19.3 Å². The van der Waals surface area contributed by atoms with Crippen molar-refractivity contribution in [3.63, 3.8) is 0 Å². The number of aliphatic carboxylic acids is 1. The highest BCUT2D eigenvalue weighted by Gasteiger charge is 2.32. The van der Waals surface area contributed by atoms with Crippen molar-refractivity contribution in [2.75, 3.05) is 32.7 Å². The highest BCUT2D eigenvalue weighted by atomic mass is 16.4. The van der Waals surface area contributed by atoms with Gasteiger partial charge in [0, 0.05) is 38.8 Å². The van der Waals surface area contributed by atoms with Crippen LogP contribution in [-0.2, 0) is 4.79 Å². The van der Waals surface area contributed by atoms with Crippen LogP contribution in [0.15, 0.2) is 0 Å². The molecule has 0 aromatic carbocycles. The summed E-state index contributed by atoms with van der Waals surface area (Å²) in [6.45, 7) is 3.58. The number of carbonyl (C=O) groups is 2. The van der Waals surface area contributed by atoms with Crippen molar-refractivity contribution in [1.29, 1.82) is 0 Å². The van der Waals surface area contributed by atoms with E-state index in [2.05, 4.69) is 10.2 Å². The summed E-state index contributed by atoms with van der Waals surface area (Å²) < 4.78 is 0. The maximum Gasteiger partial charge on any atom is 0.317 e. The molecule has 6 heteroatoms. The van der Waals surface area contributed by atoms with E-state index in [4.69, 9.17) is 5.11 Å². The molecule has 96 valence electrons. The Balaban J connectivity index is 1.65. The monoisotopic (exact) mass is 241 g/mol. The summed E-state index contributed by atoms with van der Waals surface area (Å²) >= 11 is 0. The van der Waals surface area contributed by atoms with Crippen LogP contribution in [0, 0.1) is 0 Å². The Hall–Kier alpha value is -1.30. The number of nitrogens with zero attached hydrogens (tertiary/aromatic N) is 2. The van der Waals surface area contributed by atoms with E-state index >= 15 is 0 Å². The molecule has 0 spiro atoms. The maximum absolute atomic E-state index is 11.7. The number of hydrogen-bond donors (Lipinski definition) is 2. The zero-order chi connectivity index (χ0) is 12.3. The first-order chi connectivity index (χ1) is 8.16. The summed E-state index contributed by atoms with van der Waals surface area (Å²) in [4.78, 5) is 26.2. The fourth-order valence-electron chi connectivity index (χ4n) is 2.12. The van der Waals surface area contributed by atoms with E-state index < -0.39 is 5.97 Å². The lowest BCUT2D eigenvalue weighted by Crippen LogP contribution is -2.52. The van der Waals surface area contributed by atoms with Crippen molar-refractivity contribution in [1.82, 2.24) is 15.1 Å². The molecular formula is C11H19N3O3. The minimum Gasteiger partial charge on any atom is -0.481 e. The molecule has 2 amide bonds. The highest BCUT2D eigenvalue weighted by Crippen LogP contribution is 2.27. The van der Waals surface area contributed by atoms with E-state index in [0.29, 0.717) is 0 Å². The first kappa shape index (κ1) is 12.2. The Morgan fingerprint density at radius 3 is 2.35 bits per heavy atom. The van der Waals surface area contributed by atoms with Crippen molar-refractivity contribution in [3.8, 4) is 0 Å². The van der Waals surface area contributed by atoms with Gasteiger partial charge >= 0.3 is 12.0 Å². The number of rotatable bonds is 4. The topological polar surface area (TPSA) is 72.9 Å². The molecule has 1 saturated heterocycles. The molecule has 2 N–H and O–H groups in total. The Bertz CT molecular complexity index is 296. The molecule has 2 fully saturated rings. The summed E-state index contributed by atoms with van der Waals surface area (Å²) in [5, 5.41) is 11.1. The van der Waals surface area contributed by atoms with Crippen molar-refractivity contribution >= 4 is 12.0 Å². The van der Waals surface area contributed by atoms with Crippen molar-refractivity contribution in [2.45, 2.75) is 25.3 Å². The molecule has 6 nitrogen and oxygen atoms in total. The molecule has 0 aromatic rings. The van der Waals surface area contributed by atoms with E-state index in [-0.39, 0.29) is 19.0 Å². The summed E-state index contributed by atoms with van der Waals surface area (Å²) in [5.74, 6) is -0.885. The van der Waals surface area contributed by atoms with Crippen LogP contribution in [0.3, 0.4) is 0 Å². The van der Waals surface area contributed by atoms with Crippen molar-refractivity contribution < 1.29 is 14.7 Å². The lowest BCUT2D eigenvalue weighted by molar-refractivity contribution is -0.136. The third-order valence-corrected chi connectivity index (χ3v) is 3.28. The van der Waals surface area contributed by atoms with E-state index in [1.165, 1.54) is 12.8 Å².